The summed E-state index contributed by atoms with van der Waals surface area (Å²) in [5.41, 5.74) is 0. The largest absolute Gasteiger partial charge is 0.457 e. The van der Waals surface area contributed by atoms with Crippen molar-refractivity contribution >= 4 is 5.97 Å². The highest BCUT2D eigenvalue weighted by Gasteiger charge is 2.47. The van der Waals surface area contributed by atoms with E-state index < -0.39 is 80.7 Å². The third-order valence-electron chi connectivity index (χ3n) is 13.6. The Labute approximate surface area is 435 Å². The zero-order valence-electron chi connectivity index (χ0n) is 44.9. The molecule has 11 unspecified atom stereocenters. The number of hydrogen-bond donors (Lipinski definition) is 7. The van der Waals surface area contributed by atoms with E-state index in [0.29, 0.717) is 13.0 Å². The summed E-state index contributed by atoms with van der Waals surface area (Å²) in [4.78, 5) is 13.1. The summed E-state index contributed by atoms with van der Waals surface area (Å²) in [5.74, 6) is -0.382. The van der Waals surface area contributed by atoms with Crippen molar-refractivity contribution in [3.8, 4) is 0 Å². The minimum Gasteiger partial charge on any atom is -0.457 e. The molecule has 0 aromatic rings. The van der Waals surface area contributed by atoms with E-state index in [9.17, 15) is 40.5 Å². The van der Waals surface area contributed by atoms with Crippen LogP contribution in [0.2, 0.25) is 0 Å². The van der Waals surface area contributed by atoms with Gasteiger partial charge in [-0.3, -0.25) is 4.79 Å². The third kappa shape index (κ3) is 31.7. The first-order chi connectivity index (χ1) is 35.1. The van der Waals surface area contributed by atoms with E-state index in [1.165, 1.54) is 116 Å². The highest BCUT2D eigenvalue weighted by Crippen LogP contribution is 2.27. The van der Waals surface area contributed by atoms with Gasteiger partial charge in [0.1, 0.15) is 54.9 Å². The minimum absolute atomic E-state index is 0.0600. The van der Waals surface area contributed by atoms with Gasteiger partial charge in [-0.2, -0.15) is 0 Å². The summed E-state index contributed by atoms with van der Waals surface area (Å²) in [5, 5.41) is 72.3. The van der Waals surface area contributed by atoms with Gasteiger partial charge in [-0.1, -0.05) is 204 Å². The number of hydrogen-bond acceptors (Lipinski definition) is 14. The van der Waals surface area contributed by atoms with E-state index in [2.05, 4.69) is 62.5 Å². The summed E-state index contributed by atoms with van der Waals surface area (Å²) in [6.07, 6.45) is 37.4. The molecule has 2 fully saturated rings. The second-order valence-electron chi connectivity index (χ2n) is 20.1. The predicted molar refractivity (Wildman–Crippen MR) is 284 cm³/mol. The number of esters is 1. The van der Waals surface area contributed by atoms with Crippen molar-refractivity contribution in [2.75, 3.05) is 33.0 Å². The van der Waals surface area contributed by atoms with E-state index >= 15 is 0 Å². The molecule has 2 rings (SSSR count). The van der Waals surface area contributed by atoms with E-state index in [-0.39, 0.29) is 25.6 Å². The fourth-order valence-electron chi connectivity index (χ4n) is 8.98. The lowest BCUT2D eigenvalue weighted by molar-refractivity contribution is -0.332. The van der Waals surface area contributed by atoms with Crippen molar-refractivity contribution < 1.29 is 69.0 Å². The lowest BCUT2D eigenvalue weighted by Gasteiger charge is -2.42. The van der Waals surface area contributed by atoms with Crippen molar-refractivity contribution in [2.45, 2.75) is 280 Å². The topological polar surface area (TPSA) is 214 Å². The van der Waals surface area contributed by atoms with Crippen LogP contribution in [0.3, 0.4) is 0 Å². The second kappa shape index (κ2) is 45.2. The van der Waals surface area contributed by atoms with Gasteiger partial charge in [0.25, 0.3) is 0 Å². The summed E-state index contributed by atoms with van der Waals surface area (Å²) in [6.45, 7) is 3.60. The molecule has 420 valence electrons. The Morgan fingerprint density at radius 2 is 0.903 bits per heavy atom. The fourth-order valence-corrected chi connectivity index (χ4v) is 8.98. The molecule has 14 nitrogen and oxygen atoms in total. The molecule has 0 aromatic carbocycles. The van der Waals surface area contributed by atoms with Crippen LogP contribution in [0.5, 0.6) is 0 Å². The van der Waals surface area contributed by atoms with Crippen molar-refractivity contribution in [3.05, 3.63) is 48.6 Å². The van der Waals surface area contributed by atoms with E-state index in [4.69, 9.17) is 28.4 Å². The molecule has 7 N–H and O–H groups in total. The lowest BCUT2D eigenvalue weighted by Crippen LogP contribution is -2.61. The van der Waals surface area contributed by atoms with Crippen LogP contribution in [0.1, 0.15) is 213 Å². The van der Waals surface area contributed by atoms with Gasteiger partial charge >= 0.3 is 5.97 Å². The Morgan fingerprint density at radius 1 is 0.472 bits per heavy atom. The van der Waals surface area contributed by atoms with Gasteiger partial charge in [-0.05, 0) is 51.4 Å². The Morgan fingerprint density at radius 3 is 1.42 bits per heavy atom. The molecule has 14 heteroatoms. The predicted octanol–water partition coefficient (Wildman–Crippen LogP) is 9.91. The number of ether oxygens (including phenoxy) is 6. The van der Waals surface area contributed by atoms with Crippen molar-refractivity contribution in [2.24, 2.45) is 0 Å². The number of aliphatic hydroxyl groups is 7. The first-order valence-corrected chi connectivity index (χ1v) is 28.7. The maximum absolute atomic E-state index is 13.1. The van der Waals surface area contributed by atoms with Crippen molar-refractivity contribution in [3.63, 3.8) is 0 Å². The molecule has 0 bridgehead atoms. The van der Waals surface area contributed by atoms with Gasteiger partial charge in [0.15, 0.2) is 12.6 Å². The lowest BCUT2D eigenvalue weighted by atomic mass is 9.98. The van der Waals surface area contributed by atoms with Crippen LogP contribution in [0.15, 0.2) is 48.6 Å². The summed E-state index contributed by atoms with van der Waals surface area (Å²) in [7, 11) is 0. The van der Waals surface area contributed by atoms with E-state index in [0.717, 1.165) is 70.6 Å². The number of allylic oxidation sites excluding steroid dienone is 8. The van der Waals surface area contributed by atoms with Crippen LogP contribution >= 0.6 is 0 Å². The Kier molecular flexibility index (Phi) is 41.4. The Hall–Kier alpha value is -2.05. The molecule has 0 aliphatic carbocycles. The SMILES string of the molecule is CC/C=C\C/C=C\C/C=C\C/C=C\CCCCCCCCCCC(=O)OC(COCCCCCCCCCCCCCCCCCCC)COC1OC(COC2OC(CO)C(O)C(O)C2O)C(O)C(O)C1O. The van der Waals surface area contributed by atoms with Crippen LogP contribution in [0.25, 0.3) is 0 Å². The second-order valence-corrected chi connectivity index (χ2v) is 20.1. The number of rotatable bonds is 46. The molecule has 0 radical (unpaired) electrons. The maximum atomic E-state index is 13.1. The molecule has 2 saturated heterocycles. The van der Waals surface area contributed by atoms with Crippen LogP contribution in [0, 0.1) is 0 Å². The first-order valence-electron chi connectivity index (χ1n) is 28.7. The standard InChI is InChI=1S/C58H104O14/c1-3-5-7-9-11-13-15-17-19-21-22-23-24-25-27-29-31-33-35-37-39-41-50(60)70-47(44-67-42-40-38-36-34-32-30-28-26-20-18-16-14-12-10-8-6-4-2)45-68-57-56(66)54(64)52(62)49(72-57)46-69-58-55(65)53(63)51(61)48(43-59)71-58/h5,7,11,13,17,19,22-23,47-49,51-59,61-66H,3-4,6,8-10,12,14-16,18,20-21,24-46H2,1-2H3/b7-5-,13-11-,19-17-,23-22-. The van der Waals surface area contributed by atoms with E-state index in [1.54, 1.807) is 0 Å². The molecule has 2 aliphatic heterocycles. The summed E-state index contributed by atoms with van der Waals surface area (Å²) in [6, 6.07) is 0. The molecular weight excluding hydrogens is 921 g/mol. The molecule has 0 spiro atoms. The normalized spacial score (nSPS) is 25.5. The van der Waals surface area contributed by atoms with Gasteiger partial charge in [-0.25, -0.2) is 0 Å². The van der Waals surface area contributed by atoms with Gasteiger partial charge in [-0.15, -0.1) is 0 Å². The number of aliphatic hydroxyl groups excluding tert-OH is 7. The van der Waals surface area contributed by atoms with Crippen molar-refractivity contribution in [1.29, 1.82) is 0 Å². The van der Waals surface area contributed by atoms with Crippen LogP contribution in [0.4, 0.5) is 0 Å². The average Bonchev–Trinajstić information content (AvgIpc) is 3.38. The Bertz CT molecular complexity index is 1370. The summed E-state index contributed by atoms with van der Waals surface area (Å²) >= 11 is 0. The highest BCUT2D eigenvalue weighted by molar-refractivity contribution is 5.69. The molecule has 0 aromatic heterocycles. The van der Waals surface area contributed by atoms with Gasteiger partial charge in [0.05, 0.1) is 26.4 Å². The first kappa shape index (κ1) is 66.1. The zero-order chi connectivity index (χ0) is 52.3. The van der Waals surface area contributed by atoms with Gasteiger partial charge in [0, 0.05) is 13.0 Å². The molecule has 0 saturated carbocycles. The fraction of sp³-hybridized carbons (Fsp3) is 0.845. The molecule has 0 amide bonds. The quantitative estimate of drug-likeness (QED) is 0.0172. The molecular formula is C58H104O14. The molecule has 2 heterocycles. The monoisotopic (exact) mass is 1020 g/mol. The molecule has 72 heavy (non-hydrogen) atoms. The van der Waals surface area contributed by atoms with E-state index in [1.807, 2.05) is 0 Å². The maximum Gasteiger partial charge on any atom is 0.306 e. The van der Waals surface area contributed by atoms with Gasteiger partial charge < -0.3 is 64.2 Å². The smallest absolute Gasteiger partial charge is 0.306 e. The molecule has 11 atom stereocenters. The number of carbonyl (C=O) groups excluding carboxylic acids is 1. The van der Waals surface area contributed by atoms with Crippen LogP contribution in [-0.2, 0) is 33.2 Å². The number of carbonyl (C=O) groups is 1. The Balaban J connectivity index is 1.72. The highest BCUT2D eigenvalue weighted by atomic mass is 16.7. The molecule has 2 aliphatic rings. The average molecular weight is 1030 g/mol. The summed E-state index contributed by atoms with van der Waals surface area (Å²) < 4.78 is 34.4. The minimum atomic E-state index is -1.71. The number of unbranched alkanes of at least 4 members (excludes halogenated alkanes) is 24. The third-order valence-corrected chi connectivity index (χ3v) is 13.6. The van der Waals surface area contributed by atoms with Crippen LogP contribution in [-0.4, -0.2) is 142 Å². The van der Waals surface area contributed by atoms with Gasteiger partial charge in [0.2, 0.25) is 0 Å². The zero-order valence-corrected chi connectivity index (χ0v) is 44.9. The van der Waals surface area contributed by atoms with Crippen LogP contribution < -0.4 is 0 Å². The van der Waals surface area contributed by atoms with Crippen molar-refractivity contribution in [1.82, 2.24) is 0 Å².